The predicted octanol–water partition coefficient (Wildman–Crippen LogP) is 3.29. The second-order valence-electron chi connectivity index (χ2n) is 4.56. The van der Waals surface area contributed by atoms with E-state index >= 15 is 0 Å². The van der Waals surface area contributed by atoms with E-state index in [1.165, 1.54) is 0 Å². The van der Waals surface area contributed by atoms with Crippen molar-refractivity contribution in [2.75, 3.05) is 5.73 Å². The average Bonchev–Trinajstić information content (AvgIpc) is 2.56. The molecular formula is C17H14N4. The first-order valence-electron chi connectivity index (χ1n) is 6.61. The largest absolute Gasteiger partial charge is 0.398 e. The molecule has 0 aliphatic rings. The summed E-state index contributed by atoms with van der Waals surface area (Å²) in [6.45, 7) is 0. The number of hydrogen-bond donors (Lipinski definition) is 1. The minimum atomic E-state index is 0.685. The molecule has 0 bridgehead atoms. The van der Waals surface area contributed by atoms with Gasteiger partial charge in [-0.1, -0.05) is 60.7 Å². The van der Waals surface area contributed by atoms with E-state index in [4.69, 9.17) is 5.73 Å². The highest BCUT2D eigenvalue weighted by atomic mass is 15.3. The van der Waals surface area contributed by atoms with Gasteiger partial charge in [-0.15, -0.1) is 10.2 Å². The molecule has 0 saturated carbocycles. The predicted molar refractivity (Wildman–Crippen MR) is 85.0 cm³/mol. The Hall–Kier alpha value is -3.01. The van der Waals surface area contributed by atoms with E-state index < -0.39 is 0 Å². The lowest BCUT2D eigenvalue weighted by atomic mass is 10.0. The van der Waals surface area contributed by atoms with Crippen LogP contribution in [0, 0.1) is 0 Å². The van der Waals surface area contributed by atoms with Crippen molar-refractivity contribution in [3.05, 3.63) is 71.9 Å². The molecule has 0 saturated heterocycles. The van der Waals surface area contributed by atoms with Gasteiger partial charge in [-0.05, 0) is 22.4 Å². The van der Waals surface area contributed by atoms with Gasteiger partial charge >= 0.3 is 0 Å². The smallest absolute Gasteiger partial charge is 0.0984 e. The quantitative estimate of drug-likeness (QED) is 0.588. The Morgan fingerprint density at radius 2 is 1.71 bits per heavy atom. The molecule has 102 valence electrons. The van der Waals surface area contributed by atoms with Gasteiger partial charge in [-0.25, -0.2) is 0 Å². The van der Waals surface area contributed by atoms with Crippen LogP contribution in [0.4, 0.5) is 5.69 Å². The van der Waals surface area contributed by atoms with Gasteiger partial charge in [0, 0.05) is 11.3 Å². The molecule has 0 amide bonds. The van der Waals surface area contributed by atoms with Crippen molar-refractivity contribution < 1.29 is 0 Å². The third kappa shape index (κ3) is 2.95. The zero-order valence-electron chi connectivity index (χ0n) is 11.3. The van der Waals surface area contributed by atoms with Crippen LogP contribution < -0.4 is 5.73 Å². The Morgan fingerprint density at radius 1 is 0.857 bits per heavy atom. The van der Waals surface area contributed by atoms with Crippen LogP contribution in [0.5, 0.6) is 0 Å². The number of benzene rings is 2. The highest BCUT2D eigenvalue weighted by Gasteiger charge is 2.06. The van der Waals surface area contributed by atoms with E-state index in [0.717, 1.165) is 22.4 Å². The number of para-hydroxylation sites is 1. The topological polar surface area (TPSA) is 64.7 Å². The molecule has 0 radical (unpaired) electrons. The van der Waals surface area contributed by atoms with E-state index in [1.807, 2.05) is 60.7 Å². The number of hydrogen-bond acceptors (Lipinski definition) is 4. The summed E-state index contributed by atoms with van der Waals surface area (Å²) < 4.78 is 0. The van der Waals surface area contributed by atoms with Crippen LogP contribution in [0.1, 0.15) is 11.1 Å². The summed E-state index contributed by atoms with van der Waals surface area (Å²) in [7, 11) is 0. The Balaban J connectivity index is 1.96. The Morgan fingerprint density at radius 3 is 2.48 bits per heavy atom. The molecule has 0 spiro atoms. The van der Waals surface area contributed by atoms with Gasteiger partial charge in [0.05, 0.1) is 11.9 Å². The van der Waals surface area contributed by atoms with Gasteiger partial charge in [0.2, 0.25) is 0 Å². The van der Waals surface area contributed by atoms with Crippen LogP contribution in [0.25, 0.3) is 23.4 Å². The van der Waals surface area contributed by atoms with Crippen LogP contribution in [-0.4, -0.2) is 15.4 Å². The number of nitrogen functional groups attached to an aromatic ring is 1. The van der Waals surface area contributed by atoms with Crippen LogP contribution in [0.3, 0.4) is 0 Å². The summed E-state index contributed by atoms with van der Waals surface area (Å²) in [5.41, 5.74) is 10.6. The first-order chi connectivity index (χ1) is 10.3. The van der Waals surface area contributed by atoms with E-state index in [2.05, 4.69) is 15.4 Å². The maximum atomic E-state index is 6.24. The molecule has 1 heterocycles. The molecule has 0 fully saturated rings. The fourth-order valence-electron chi connectivity index (χ4n) is 2.09. The summed E-state index contributed by atoms with van der Waals surface area (Å²) in [6, 6.07) is 17.8. The summed E-state index contributed by atoms with van der Waals surface area (Å²) in [6.07, 6.45) is 5.64. The van der Waals surface area contributed by atoms with Gasteiger partial charge in [-0.2, -0.15) is 0 Å². The lowest BCUT2D eigenvalue weighted by molar-refractivity contribution is 0.871. The molecule has 0 unspecified atom stereocenters. The Kier molecular flexibility index (Phi) is 3.69. The molecular weight excluding hydrogens is 260 g/mol. The Labute approximate surface area is 123 Å². The second-order valence-corrected chi connectivity index (χ2v) is 4.56. The van der Waals surface area contributed by atoms with Crippen molar-refractivity contribution in [1.82, 2.24) is 15.4 Å². The van der Waals surface area contributed by atoms with Crippen molar-refractivity contribution in [2.45, 2.75) is 0 Å². The summed E-state index contributed by atoms with van der Waals surface area (Å²) >= 11 is 0. The van der Waals surface area contributed by atoms with Gasteiger partial charge < -0.3 is 5.73 Å². The molecule has 0 aliphatic heterocycles. The maximum Gasteiger partial charge on any atom is 0.0984 e. The summed E-state index contributed by atoms with van der Waals surface area (Å²) in [5, 5.41) is 11.3. The highest BCUT2D eigenvalue weighted by Crippen LogP contribution is 2.27. The van der Waals surface area contributed by atoms with Crippen molar-refractivity contribution in [3.8, 4) is 11.3 Å². The third-order valence-corrected chi connectivity index (χ3v) is 3.17. The highest BCUT2D eigenvalue weighted by molar-refractivity contribution is 5.84. The number of aromatic nitrogens is 3. The number of rotatable bonds is 3. The first kappa shape index (κ1) is 13.0. The van der Waals surface area contributed by atoms with Gasteiger partial charge in [0.15, 0.2) is 0 Å². The SMILES string of the molecule is Nc1c(/C=C\c2ccccc2)cccc1-c1ccnnn1. The molecule has 1 aromatic heterocycles. The van der Waals surface area contributed by atoms with Crippen molar-refractivity contribution >= 4 is 17.8 Å². The van der Waals surface area contributed by atoms with Gasteiger partial charge in [0.1, 0.15) is 0 Å². The van der Waals surface area contributed by atoms with E-state index in [1.54, 1.807) is 12.3 Å². The first-order valence-corrected chi connectivity index (χ1v) is 6.61. The maximum absolute atomic E-state index is 6.24. The summed E-state index contributed by atoms with van der Waals surface area (Å²) in [4.78, 5) is 0. The lowest BCUT2D eigenvalue weighted by Crippen LogP contribution is -1.96. The minimum absolute atomic E-state index is 0.685. The van der Waals surface area contributed by atoms with E-state index in [-0.39, 0.29) is 0 Å². The van der Waals surface area contributed by atoms with Crippen molar-refractivity contribution in [3.63, 3.8) is 0 Å². The standard InChI is InChI=1S/C17H14N4/c18-17-14(10-9-13-5-2-1-3-6-13)7-4-8-15(17)16-11-12-19-21-20-16/h1-12H,18H2/b10-9-. The molecule has 0 aliphatic carbocycles. The minimum Gasteiger partial charge on any atom is -0.398 e. The molecule has 2 aromatic carbocycles. The molecule has 4 nitrogen and oxygen atoms in total. The third-order valence-electron chi connectivity index (χ3n) is 3.17. The van der Waals surface area contributed by atoms with E-state index in [9.17, 15) is 0 Å². The number of anilines is 1. The zero-order valence-corrected chi connectivity index (χ0v) is 11.3. The second kappa shape index (κ2) is 5.96. The van der Waals surface area contributed by atoms with Crippen molar-refractivity contribution in [1.29, 1.82) is 0 Å². The summed E-state index contributed by atoms with van der Waals surface area (Å²) in [5.74, 6) is 0. The van der Waals surface area contributed by atoms with E-state index in [0.29, 0.717) is 5.69 Å². The van der Waals surface area contributed by atoms with Gasteiger partial charge in [-0.3, -0.25) is 0 Å². The molecule has 21 heavy (non-hydrogen) atoms. The van der Waals surface area contributed by atoms with Crippen LogP contribution >= 0.6 is 0 Å². The lowest BCUT2D eigenvalue weighted by Gasteiger charge is -2.07. The average molecular weight is 274 g/mol. The molecule has 4 heteroatoms. The van der Waals surface area contributed by atoms with Gasteiger partial charge in [0.25, 0.3) is 0 Å². The van der Waals surface area contributed by atoms with Crippen LogP contribution in [-0.2, 0) is 0 Å². The number of nitrogens with two attached hydrogens (primary N) is 1. The normalized spacial score (nSPS) is 10.9. The van der Waals surface area contributed by atoms with Crippen molar-refractivity contribution in [2.24, 2.45) is 0 Å². The zero-order chi connectivity index (χ0) is 14.5. The number of nitrogens with zero attached hydrogens (tertiary/aromatic N) is 3. The molecule has 3 aromatic rings. The molecule has 3 rings (SSSR count). The molecule has 2 N–H and O–H groups in total. The Bertz CT molecular complexity index is 752. The van der Waals surface area contributed by atoms with Crippen LogP contribution in [0.15, 0.2) is 60.8 Å². The molecule has 0 atom stereocenters. The monoisotopic (exact) mass is 274 g/mol. The fourth-order valence-corrected chi connectivity index (χ4v) is 2.09. The fraction of sp³-hybridized carbons (Fsp3) is 0. The van der Waals surface area contributed by atoms with Crippen LogP contribution in [0.2, 0.25) is 0 Å².